The highest BCUT2D eigenvalue weighted by molar-refractivity contribution is 6.32. The largest absolute Gasteiger partial charge is 0.364 e. The van der Waals surface area contributed by atoms with Crippen LogP contribution in [0.5, 0.6) is 0 Å². The molecule has 0 saturated carbocycles. The van der Waals surface area contributed by atoms with Gasteiger partial charge in [0.2, 0.25) is 0 Å². The zero-order valence-electron chi connectivity index (χ0n) is 12.4. The molecule has 1 aromatic carbocycles. The van der Waals surface area contributed by atoms with Crippen LogP contribution in [-0.4, -0.2) is 16.5 Å². The number of halogens is 1. The molecule has 0 unspecified atom stereocenters. The highest BCUT2D eigenvalue weighted by Crippen LogP contribution is 2.20. The Hall–Kier alpha value is -1.87. The predicted molar refractivity (Wildman–Crippen MR) is 90.8 cm³/mol. The summed E-state index contributed by atoms with van der Waals surface area (Å²) in [7, 11) is 0. The number of hydrogen-bond donors (Lipinski definition) is 1. The van der Waals surface area contributed by atoms with Crippen molar-refractivity contribution < 1.29 is 0 Å². The lowest BCUT2D eigenvalue weighted by Crippen LogP contribution is -2.02. The maximum absolute atomic E-state index is 6.13. The fourth-order valence-corrected chi connectivity index (χ4v) is 2.12. The molecule has 0 fully saturated rings. The third kappa shape index (κ3) is 4.87. The van der Waals surface area contributed by atoms with Crippen molar-refractivity contribution in [3.8, 4) is 0 Å². The quantitative estimate of drug-likeness (QED) is 0.603. The molecular formula is C17H20ClN3. The van der Waals surface area contributed by atoms with E-state index in [1.807, 2.05) is 24.3 Å². The Morgan fingerprint density at radius 2 is 1.81 bits per heavy atom. The summed E-state index contributed by atoms with van der Waals surface area (Å²) in [6.07, 6.45) is 8.61. The Kier molecular flexibility index (Phi) is 5.76. The van der Waals surface area contributed by atoms with Gasteiger partial charge in [-0.25, -0.2) is 9.97 Å². The molecule has 0 aliphatic heterocycles. The molecule has 1 heterocycles. The summed E-state index contributed by atoms with van der Waals surface area (Å²) in [6, 6.07) is 7.70. The van der Waals surface area contributed by atoms with Gasteiger partial charge in [0.25, 0.3) is 0 Å². The van der Waals surface area contributed by atoms with Crippen LogP contribution in [0.1, 0.15) is 26.7 Å². The number of allylic oxidation sites excluding steroid dienone is 3. The van der Waals surface area contributed by atoms with E-state index in [-0.39, 0.29) is 0 Å². The van der Waals surface area contributed by atoms with Crippen molar-refractivity contribution in [2.24, 2.45) is 0 Å². The van der Waals surface area contributed by atoms with E-state index in [0.29, 0.717) is 17.5 Å². The maximum atomic E-state index is 6.13. The minimum Gasteiger partial charge on any atom is -0.364 e. The first-order chi connectivity index (χ1) is 10.2. The Bertz CT molecular complexity index is 658. The van der Waals surface area contributed by atoms with Gasteiger partial charge in [-0.2, -0.15) is 0 Å². The van der Waals surface area contributed by atoms with E-state index in [1.54, 1.807) is 0 Å². The van der Waals surface area contributed by atoms with Gasteiger partial charge in [-0.15, -0.1) is 0 Å². The highest BCUT2D eigenvalue weighted by atomic mass is 35.5. The smallest absolute Gasteiger partial charge is 0.172 e. The molecule has 110 valence electrons. The highest BCUT2D eigenvalue weighted by Gasteiger charge is 2.04. The second kappa shape index (κ2) is 7.79. The Labute approximate surface area is 130 Å². The van der Waals surface area contributed by atoms with Gasteiger partial charge in [-0.1, -0.05) is 47.5 Å². The molecule has 3 nitrogen and oxygen atoms in total. The topological polar surface area (TPSA) is 37.8 Å². The van der Waals surface area contributed by atoms with E-state index in [0.717, 1.165) is 23.9 Å². The van der Waals surface area contributed by atoms with Gasteiger partial charge in [-0.05, 0) is 38.8 Å². The molecule has 1 N–H and O–H groups in total. The van der Waals surface area contributed by atoms with Gasteiger partial charge in [-0.3, -0.25) is 0 Å². The summed E-state index contributed by atoms with van der Waals surface area (Å²) < 4.78 is 0. The number of unbranched alkanes of at least 4 members (excludes halogenated alkanes) is 1. The Morgan fingerprint density at radius 3 is 2.52 bits per heavy atom. The lowest BCUT2D eigenvalue weighted by atomic mass is 10.2. The van der Waals surface area contributed by atoms with Gasteiger partial charge in [0.05, 0.1) is 11.0 Å². The summed E-state index contributed by atoms with van der Waals surface area (Å²) >= 11 is 6.13. The summed E-state index contributed by atoms with van der Waals surface area (Å²) in [4.78, 5) is 8.81. The third-order valence-corrected chi connectivity index (χ3v) is 3.23. The molecule has 0 amide bonds. The lowest BCUT2D eigenvalue weighted by molar-refractivity contribution is 1.03. The maximum Gasteiger partial charge on any atom is 0.172 e. The summed E-state index contributed by atoms with van der Waals surface area (Å²) in [6.45, 7) is 4.93. The van der Waals surface area contributed by atoms with E-state index < -0.39 is 0 Å². The monoisotopic (exact) mass is 301 g/mol. The van der Waals surface area contributed by atoms with Crippen LogP contribution >= 0.6 is 11.6 Å². The van der Waals surface area contributed by atoms with Crippen LogP contribution in [0.25, 0.3) is 11.0 Å². The number of fused-ring (bicyclic) bond motifs is 1. The van der Waals surface area contributed by atoms with Gasteiger partial charge in [0.1, 0.15) is 0 Å². The molecule has 0 saturated heterocycles. The fourth-order valence-electron chi connectivity index (χ4n) is 1.92. The summed E-state index contributed by atoms with van der Waals surface area (Å²) in [5.74, 6) is 0.629. The number of benzene rings is 1. The van der Waals surface area contributed by atoms with Crippen molar-refractivity contribution in [2.75, 3.05) is 11.9 Å². The SMILES string of the molecule is CC(C)=CCC/C=C\CNc1nc2ccccc2nc1Cl. The molecule has 0 atom stereocenters. The molecule has 0 aliphatic rings. The van der Waals surface area contributed by atoms with Crippen LogP contribution in [0.2, 0.25) is 5.15 Å². The minimum absolute atomic E-state index is 0.409. The first kappa shape index (κ1) is 15.5. The average Bonchev–Trinajstić information content (AvgIpc) is 2.46. The second-order valence-corrected chi connectivity index (χ2v) is 5.42. The van der Waals surface area contributed by atoms with E-state index >= 15 is 0 Å². The molecule has 0 radical (unpaired) electrons. The zero-order valence-corrected chi connectivity index (χ0v) is 13.2. The number of nitrogens with zero attached hydrogens (tertiary/aromatic N) is 2. The number of anilines is 1. The number of hydrogen-bond acceptors (Lipinski definition) is 3. The van der Waals surface area contributed by atoms with Crippen LogP contribution in [0.3, 0.4) is 0 Å². The average molecular weight is 302 g/mol. The second-order valence-electron chi connectivity index (χ2n) is 5.06. The fraction of sp³-hybridized carbons (Fsp3) is 0.294. The van der Waals surface area contributed by atoms with E-state index in [4.69, 9.17) is 11.6 Å². The molecule has 0 aliphatic carbocycles. The van der Waals surface area contributed by atoms with Crippen LogP contribution in [-0.2, 0) is 0 Å². The van der Waals surface area contributed by atoms with Gasteiger partial charge >= 0.3 is 0 Å². The number of aromatic nitrogens is 2. The number of nitrogens with one attached hydrogen (secondary N) is 1. The Morgan fingerprint density at radius 1 is 1.10 bits per heavy atom. The van der Waals surface area contributed by atoms with Crippen molar-refractivity contribution in [3.63, 3.8) is 0 Å². The van der Waals surface area contributed by atoms with E-state index in [2.05, 4.69) is 47.4 Å². The lowest BCUT2D eigenvalue weighted by Gasteiger charge is -2.06. The number of para-hydroxylation sites is 2. The normalized spacial score (nSPS) is 11.0. The molecule has 1 aromatic heterocycles. The van der Waals surface area contributed by atoms with Crippen molar-refractivity contribution in [3.05, 3.63) is 53.2 Å². The van der Waals surface area contributed by atoms with Gasteiger partial charge in [0, 0.05) is 6.54 Å². The summed E-state index contributed by atoms with van der Waals surface area (Å²) in [5.41, 5.74) is 3.02. The molecule has 0 spiro atoms. The third-order valence-electron chi connectivity index (χ3n) is 2.97. The van der Waals surface area contributed by atoms with Crippen LogP contribution in [0.15, 0.2) is 48.1 Å². The first-order valence-electron chi connectivity index (χ1n) is 7.11. The van der Waals surface area contributed by atoms with E-state index in [1.165, 1.54) is 5.57 Å². The minimum atomic E-state index is 0.409. The van der Waals surface area contributed by atoms with Crippen molar-refractivity contribution in [1.82, 2.24) is 9.97 Å². The van der Waals surface area contributed by atoms with Gasteiger partial charge in [0.15, 0.2) is 11.0 Å². The molecule has 4 heteroatoms. The van der Waals surface area contributed by atoms with Crippen LogP contribution in [0.4, 0.5) is 5.82 Å². The van der Waals surface area contributed by atoms with Crippen molar-refractivity contribution in [1.29, 1.82) is 0 Å². The molecule has 21 heavy (non-hydrogen) atoms. The van der Waals surface area contributed by atoms with Crippen molar-refractivity contribution in [2.45, 2.75) is 26.7 Å². The summed E-state index contributed by atoms with van der Waals surface area (Å²) in [5, 5.41) is 3.61. The van der Waals surface area contributed by atoms with Crippen LogP contribution in [0, 0.1) is 0 Å². The molecule has 2 aromatic rings. The predicted octanol–water partition coefficient (Wildman–Crippen LogP) is 5.00. The first-order valence-corrected chi connectivity index (χ1v) is 7.49. The number of rotatable bonds is 6. The standard InChI is InChI=1S/C17H20ClN3/c1-13(2)9-5-3-4-8-12-19-17-16(18)20-14-10-6-7-11-15(14)21-17/h4,6-11H,3,5,12H2,1-2H3,(H,19,21)/b8-4-. The molecule has 2 rings (SSSR count). The van der Waals surface area contributed by atoms with Crippen LogP contribution < -0.4 is 5.32 Å². The molecular weight excluding hydrogens is 282 g/mol. The molecule has 0 bridgehead atoms. The Balaban J connectivity index is 1.90. The zero-order chi connectivity index (χ0) is 15.1. The van der Waals surface area contributed by atoms with Gasteiger partial charge < -0.3 is 5.32 Å². The van der Waals surface area contributed by atoms with Crippen molar-refractivity contribution >= 4 is 28.5 Å². The van der Waals surface area contributed by atoms with E-state index in [9.17, 15) is 0 Å².